The molecule has 8 heteroatoms. The molecule has 1 atom stereocenters. The SMILES string of the molecule is COc1ccc(Cl)cc1N(C(=O)c1ccco1)[C@H](C(=O)NC1CCCC1)c1ccco1. The Hall–Kier alpha value is -3.19. The van der Waals surface area contributed by atoms with Crippen LogP contribution >= 0.6 is 11.6 Å². The number of carbonyl (C=O) groups excluding carboxylic acids is 2. The van der Waals surface area contributed by atoms with Crippen LogP contribution < -0.4 is 15.0 Å². The number of amides is 2. The monoisotopic (exact) mass is 442 g/mol. The lowest BCUT2D eigenvalue weighted by atomic mass is 10.1. The third kappa shape index (κ3) is 4.46. The highest BCUT2D eigenvalue weighted by Gasteiger charge is 2.38. The van der Waals surface area contributed by atoms with E-state index < -0.39 is 11.9 Å². The van der Waals surface area contributed by atoms with Gasteiger partial charge in [0, 0.05) is 11.1 Å². The molecule has 0 saturated heterocycles. The van der Waals surface area contributed by atoms with Crippen molar-refractivity contribution in [2.75, 3.05) is 12.0 Å². The summed E-state index contributed by atoms with van der Waals surface area (Å²) >= 11 is 6.25. The van der Waals surface area contributed by atoms with Crippen LogP contribution in [0.2, 0.25) is 5.02 Å². The lowest BCUT2D eigenvalue weighted by molar-refractivity contribution is -0.123. The van der Waals surface area contributed by atoms with Crippen LogP contribution in [0.25, 0.3) is 0 Å². The molecule has 31 heavy (non-hydrogen) atoms. The van der Waals surface area contributed by atoms with Crippen molar-refractivity contribution < 1.29 is 23.2 Å². The quantitative estimate of drug-likeness (QED) is 0.557. The van der Waals surface area contributed by atoms with Gasteiger partial charge in [-0.1, -0.05) is 24.4 Å². The molecular formula is C23H23ClN2O5. The van der Waals surface area contributed by atoms with E-state index >= 15 is 0 Å². The summed E-state index contributed by atoms with van der Waals surface area (Å²) in [7, 11) is 1.49. The van der Waals surface area contributed by atoms with Crippen molar-refractivity contribution >= 4 is 29.1 Å². The predicted molar refractivity (Wildman–Crippen MR) is 115 cm³/mol. The summed E-state index contributed by atoms with van der Waals surface area (Å²) in [5, 5.41) is 3.46. The second kappa shape index (κ2) is 9.31. The average molecular weight is 443 g/mol. The van der Waals surface area contributed by atoms with Gasteiger partial charge in [0.25, 0.3) is 11.8 Å². The van der Waals surface area contributed by atoms with Gasteiger partial charge >= 0.3 is 0 Å². The van der Waals surface area contributed by atoms with Crippen LogP contribution in [0.4, 0.5) is 5.69 Å². The second-order valence-electron chi connectivity index (χ2n) is 7.38. The molecule has 7 nitrogen and oxygen atoms in total. The summed E-state index contributed by atoms with van der Waals surface area (Å²) in [6.07, 6.45) is 6.81. The first-order valence-corrected chi connectivity index (χ1v) is 10.5. The Labute approximate surface area is 184 Å². The highest BCUT2D eigenvalue weighted by atomic mass is 35.5. The lowest BCUT2D eigenvalue weighted by Gasteiger charge is -2.31. The zero-order valence-electron chi connectivity index (χ0n) is 17.0. The number of benzene rings is 1. The number of carbonyl (C=O) groups is 2. The molecule has 0 radical (unpaired) electrons. The summed E-state index contributed by atoms with van der Waals surface area (Å²) in [6, 6.07) is 10.4. The molecule has 1 fully saturated rings. The predicted octanol–water partition coefficient (Wildman–Crippen LogP) is 4.98. The van der Waals surface area contributed by atoms with E-state index in [9.17, 15) is 9.59 Å². The number of halogens is 1. The summed E-state index contributed by atoms with van der Waals surface area (Å²) in [5.41, 5.74) is 0.333. The third-order valence-corrected chi connectivity index (χ3v) is 5.61. The normalized spacial score (nSPS) is 14.9. The highest BCUT2D eigenvalue weighted by Crippen LogP contribution is 2.38. The minimum Gasteiger partial charge on any atom is -0.495 e. The van der Waals surface area contributed by atoms with E-state index in [4.69, 9.17) is 25.2 Å². The van der Waals surface area contributed by atoms with Crippen molar-refractivity contribution in [3.63, 3.8) is 0 Å². The zero-order valence-corrected chi connectivity index (χ0v) is 17.8. The smallest absolute Gasteiger partial charge is 0.295 e. The van der Waals surface area contributed by atoms with E-state index in [-0.39, 0.29) is 17.7 Å². The third-order valence-electron chi connectivity index (χ3n) is 5.37. The molecule has 0 bridgehead atoms. The van der Waals surface area contributed by atoms with E-state index in [0.717, 1.165) is 25.7 Å². The first-order chi connectivity index (χ1) is 15.1. The molecule has 0 aliphatic heterocycles. The van der Waals surface area contributed by atoms with E-state index in [2.05, 4.69) is 5.32 Å². The molecule has 2 aromatic heterocycles. The molecule has 0 spiro atoms. The lowest BCUT2D eigenvalue weighted by Crippen LogP contribution is -2.46. The van der Waals surface area contributed by atoms with Crippen LogP contribution in [0.15, 0.2) is 63.8 Å². The number of anilines is 1. The van der Waals surface area contributed by atoms with Crippen molar-refractivity contribution in [1.82, 2.24) is 5.32 Å². The van der Waals surface area contributed by atoms with E-state index in [0.29, 0.717) is 22.2 Å². The number of nitrogens with one attached hydrogen (secondary N) is 1. The molecular weight excluding hydrogens is 420 g/mol. The topological polar surface area (TPSA) is 84.9 Å². The molecule has 1 aliphatic rings. The van der Waals surface area contributed by atoms with Crippen molar-refractivity contribution in [3.8, 4) is 5.75 Å². The molecule has 2 heterocycles. The number of nitrogens with zero attached hydrogens (tertiary/aromatic N) is 1. The minimum absolute atomic E-state index is 0.0618. The maximum absolute atomic E-state index is 13.6. The number of rotatable bonds is 7. The summed E-state index contributed by atoms with van der Waals surface area (Å²) in [4.78, 5) is 28.4. The van der Waals surface area contributed by atoms with Crippen LogP contribution in [-0.2, 0) is 4.79 Å². The fourth-order valence-electron chi connectivity index (χ4n) is 3.91. The molecule has 1 saturated carbocycles. The van der Waals surface area contributed by atoms with Crippen LogP contribution in [0.5, 0.6) is 5.75 Å². The average Bonchev–Trinajstić information content (AvgIpc) is 3.55. The van der Waals surface area contributed by atoms with Crippen molar-refractivity contribution in [2.45, 2.75) is 37.8 Å². The van der Waals surface area contributed by atoms with Gasteiger partial charge in [0.1, 0.15) is 11.5 Å². The van der Waals surface area contributed by atoms with Gasteiger partial charge in [-0.2, -0.15) is 0 Å². The standard InChI is InChI=1S/C23H23ClN2O5/c1-29-18-11-10-15(24)14-17(18)26(23(28)20-9-5-13-31-20)21(19-8-4-12-30-19)22(27)25-16-6-2-3-7-16/h4-5,8-14,16,21H,2-3,6-7H2,1H3,(H,25,27)/t21-/m0/s1. The largest absolute Gasteiger partial charge is 0.495 e. The Bertz CT molecular complexity index is 1030. The van der Waals surface area contributed by atoms with Gasteiger partial charge in [-0.25, -0.2) is 0 Å². The summed E-state index contributed by atoms with van der Waals surface area (Å²) in [5.74, 6) is -0.0865. The van der Waals surface area contributed by atoms with Crippen LogP contribution in [0.1, 0.15) is 48.0 Å². The highest BCUT2D eigenvalue weighted by molar-refractivity contribution is 6.31. The van der Waals surface area contributed by atoms with Crippen LogP contribution in [0, 0.1) is 0 Å². The molecule has 0 unspecified atom stereocenters. The van der Waals surface area contributed by atoms with Crippen molar-refractivity contribution in [1.29, 1.82) is 0 Å². The Morgan fingerprint density at radius 1 is 1.13 bits per heavy atom. The number of furan rings is 2. The Morgan fingerprint density at radius 2 is 1.87 bits per heavy atom. The Balaban J connectivity index is 1.83. The summed E-state index contributed by atoms with van der Waals surface area (Å²) in [6.45, 7) is 0. The van der Waals surface area contributed by atoms with Crippen molar-refractivity contribution in [2.24, 2.45) is 0 Å². The summed E-state index contributed by atoms with van der Waals surface area (Å²) < 4.78 is 16.4. The molecule has 162 valence electrons. The zero-order chi connectivity index (χ0) is 21.8. The Kier molecular flexibility index (Phi) is 6.32. The number of hydrogen-bond donors (Lipinski definition) is 1. The first-order valence-electron chi connectivity index (χ1n) is 10.1. The Morgan fingerprint density at radius 3 is 2.52 bits per heavy atom. The first kappa shape index (κ1) is 21.1. The van der Waals surface area contributed by atoms with Gasteiger partial charge in [0.15, 0.2) is 11.8 Å². The second-order valence-corrected chi connectivity index (χ2v) is 7.81. The molecule has 2 amide bonds. The fourth-order valence-corrected chi connectivity index (χ4v) is 4.07. The van der Waals surface area contributed by atoms with E-state index in [1.807, 2.05) is 0 Å². The molecule has 1 aliphatic carbocycles. The van der Waals surface area contributed by atoms with E-state index in [1.165, 1.54) is 24.5 Å². The van der Waals surface area contributed by atoms with Gasteiger partial charge in [-0.3, -0.25) is 14.5 Å². The molecule has 1 aromatic carbocycles. The fraction of sp³-hybridized carbons (Fsp3) is 0.304. The molecule has 4 rings (SSSR count). The number of hydrogen-bond acceptors (Lipinski definition) is 5. The van der Waals surface area contributed by atoms with Gasteiger partial charge in [0.2, 0.25) is 0 Å². The van der Waals surface area contributed by atoms with Gasteiger partial charge in [-0.05, 0) is 55.3 Å². The van der Waals surface area contributed by atoms with Crippen LogP contribution in [-0.4, -0.2) is 25.0 Å². The van der Waals surface area contributed by atoms with Gasteiger partial charge in [0.05, 0.1) is 25.3 Å². The van der Waals surface area contributed by atoms with Crippen molar-refractivity contribution in [3.05, 3.63) is 71.5 Å². The number of methoxy groups -OCH3 is 1. The van der Waals surface area contributed by atoms with Crippen LogP contribution in [0.3, 0.4) is 0 Å². The van der Waals surface area contributed by atoms with Gasteiger partial charge < -0.3 is 18.9 Å². The number of ether oxygens (including phenoxy) is 1. The van der Waals surface area contributed by atoms with E-state index in [1.54, 1.807) is 42.5 Å². The molecule has 3 aromatic rings. The van der Waals surface area contributed by atoms with Gasteiger partial charge in [-0.15, -0.1) is 0 Å². The maximum Gasteiger partial charge on any atom is 0.295 e. The molecule has 1 N–H and O–H groups in total. The maximum atomic E-state index is 13.6. The minimum atomic E-state index is -1.08.